The Morgan fingerprint density at radius 1 is 1.04 bits per heavy atom. The van der Waals surface area contributed by atoms with E-state index >= 15 is 0 Å². The molecular formula is C18H28N4O. The van der Waals surface area contributed by atoms with E-state index in [9.17, 15) is 0 Å². The molecule has 0 atom stereocenters. The smallest absolute Gasteiger partial charge is 0.170 e. The molecule has 0 unspecified atom stereocenters. The molecule has 1 aliphatic heterocycles. The third kappa shape index (κ3) is 3.96. The van der Waals surface area contributed by atoms with Crippen LogP contribution in [0.4, 0.5) is 5.69 Å². The van der Waals surface area contributed by atoms with Crippen molar-refractivity contribution in [3.8, 4) is 0 Å². The number of hydrogen-bond donors (Lipinski definition) is 1. The molecule has 5 nitrogen and oxygen atoms in total. The van der Waals surface area contributed by atoms with Crippen molar-refractivity contribution in [2.45, 2.75) is 38.1 Å². The van der Waals surface area contributed by atoms with Crippen LogP contribution < -0.4 is 10.6 Å². The molecule has 2 aliphatic rings. The zero-order valence-electron chi connectivity index (χ0n) is 14.1. The summed E-state index contributed by atoms with van der Waals surface area (Å²) in [6, 6.07) is 9.12. The molecule has 23 heavy (non-hydrogen) atoms. The number of oxime groups is 1. The van der Waals surface area contributed by atoms with Crippen molar-refractivity contribution in [2.24, 2.45) is 10.9 Å². The van der Waals surface area contributed by atoms with E-state index in [1.165, 1.54) is 58.0 Å². The molecule has 0 aromatic heterocycles. The van der Waals surface area contributed by atoms with Gasteiger partial charge in [-0.05, 0) is 37.1 Å². The van der Waals surface area contributed by atoms with Crippen LogP contribution in [0.15, 0.2) is 29.4 Å². The number of nitrogens with zero attached hydrogens (tertiary/aromatic N) is 3. The van der Waals surface area contributed by atoms with Crippen LogP contribution in [0.5, 0.6) is 0 Å². The van der Waals surface area contributed by atoms with Crippen molar-refractivity contribution < 1.29 is 4.84 Å². The van der Waals surface area contributed by atoms with Gasteiger partial charge in [0, 0.05) is 43.5 Å². The standard InChI is InChI=1S/C18H28N4O/c1-23-20-18(19)15-7-9-17(10-8-15)22-13-11-21(12-14-22)16-5-3-2-4-6-16/h7-10,16H,2-6,11-14H2,1H3,(H2,19,20). The number of amidine groups is 1. The molecule has 1 saturated heterocycles. The van der Waals surface area contributed by atoms with E-state index in [2.05, 4.69) is 27.1 Å². The normalized spacial score (nSPS) is 21.4. The predicted octanol–water partition coefficient (Wildman–Crippen LogP) is 2.41. The van der Waals surface area contributed by atoms with E-state index in [0.29, 0.717) is 5.84 Å². The van der Waals surface area contributed by atoms with E-state index in [0.717, 1.165) is 24.7 Å². The van der Waals surface area contributed by atoms with Gasteiger partial charge < -0.3 is 15.5 Å². The van der Waals surface area contributed by atoms with Gasteiger partial charge in [0.15, 0.2) is 5.84 Å². The molecule has 3 rings (SSSR count). The first-order valence-corrected chi connectivity index (χ1v) is 8.74. The third-order valence-corrected chi connectivity index (χ3v) is 5.12. The molecule has 2 fully saturated rings. The maximum Gasteiger partial charge on any atom is 0.170 e. The summed E-state index contributed by atoms with van der Waals surface area (Å²) < 4.78 is 0. The summed E-state index contributed by atoms with van der Waals surface area (Å²) in [5, 5.41) is 3.77. The van der Waals surface area contributed by atoms with Gasteiger partial charge in [-0.25, -0.2) is 0 Å². The minimum Gasteiger partial charge on any atom is -0.397 e. The van der Waals surface area contributed by atoms with Crippen LogP contribution >= 0.6 is 0 Å². The van der Waals surface area contributed by atoms with Crippen molar-refractivity contribution >= 4 is 11.5 Å². The average Bonchev–Trinajstić information content (AvgIpc) is 2.63. The lowest BCUT2D eigenvalue weighted by molar-refractivity contribution is 0.148. The molecule has 5 heteroatoms. The predicted molar refractivity (Wildman–Crippen MR) is 94.8 cm³/mol. The zero-order chi connectivity index (χ0) is 16.1. The average molecular weight is 316 g/mol. The van der Waals surface area contributed by atoms with Crippen molar-refractivity contribution in [1.29, 1.82) is 0 Å². The Kier molecular flexibility index (Phi) is 5.39. The molecule has 1 aliphatic carbocycles. The summed E-state index contributed by atoms with van der Waals surface area (Å²) in [6.45, 7) is 4.58. The second kappa shape index (κ2) is 7.68. The van der Waals surface area contributed by atoms with E-state index in [1.807, 2.05) is 12.1 Å². The third-order valence-electron chi connectivity index (χ3n) is 5.12. The molecule has 1 saturated carbocycles. The molecule has 1 aromatic rings. The Hall–Kier alpha value is -1.75. The van der Waals surface area contributed by atoms with Gasteiger partial charge in [0.05, 0.1) is 0 Å². The minimum absolute atomic E-state index is 0.418. The van der Waals surface area contributed by atoms with Crippen LogP contribution in [0.25, 0.3) is 0 Å². The topological polar surface area (TPSA) is 54.1 Å². The van der Waals surface area contributed by atoms with Crippen LogP contribution in [-0.2, 0) is 4.84 Å². The van der Waals surface area contributed by atoms with E-state index in [-0.39, 0.29) is 0 Å². The number of nitrogens with two attached hydrogens (primary N) is 1. The second-order valence-corrected chi connectivity index (χ2v) is 6.52. The monoisotopic (exact) mass is 316 g/mol. The molecule has 0 amide bonds. The summed E-state index contributed by atoms with van der Waals surface area (Å²) in [6.07, 6.45) is 7.05. The Balaban J connectivity index is 1.56. The maximum atomic E-state index is 5.84. The van der Waals surface area contributed by atoms with E-state index in [1.54, 1.807) is 0 Å². The molecule has 0 bridgehead atoms. The van der Waals surface area contributed by atoms with Gasteiger partial charge in [-0.1, -0.05) is 24.4 Å². The van der Waals surface area contributed by atoms with Crippen molar-refractivity contribution in [3.63, 3.8) is 0 Å². The fourth-order valence-corrected chi connectivity index (χ4v) is 3.79. The molecule has 1 heterocycles. The number of rotatable bonds is 4. The van der Waals surface area contributed by atoms with Crippen molar-refractivity contribution in [2.75, 3.05) is 38.2 Å². The molecule has 0 spiro atoms. The van der Waals surface area contributed by atoms with Gasteiger partial charge in [-0.3, -0.25) is 4.90 Å². The van der Waals surface area contributed by atoms with Gasteiger partial charge >= 0.3 is 0 Å². The van der Waals surface area contributed by atoms with Gasteiger partial charge in [0.25, 0.3) is 0 Å². The van der Waals surface area contributed by atoms with Gasteiger partial charge in [-0.2, -0.15) is 0 Å². The lowest BCUT2D eigenvalue weighted by atomic mass is 9.94. The lowest BCUT2D eigenvalue weighted by Crippen LogP contribution is -2.50. The number of anilines is 1. The van der Waals surface area contributed by atoms with Crippen molar-refractivity contribution in [1.82, 2.24) is 4.90 Å². The summed E-state index contributed by atoms with van der Waals surface area (Å²) in [5.41, 5.74) is 8.01. The molecular weight excluding hydrogens is 288 g/mol. The Bertz CT molecular complexity index is 514. The largest absolute Gasteiger partial charge is 0.397 e. The molecule has 2 N–H and O–H groups in total. The second-order valence-electron chi connectivity index (χ2n) is 6.52. The van der Waals surface area contributed by atoms with Crippen LogP contribution in [0, 0.1) is 0 Å². The van der Waals surface area contributed by atoms with Crippen LogP contribution in [0.3, 0.4) is 0 Å². The van der Waals surface area contributed by atoms with Gasteiger partial charge in [-0.15, -0.1) is 0 Å². The highest BCUT2D eigenvalue weighted by Gasteiger charge is 2.25. The van der Waals surface area contributed by atoms with Crippen LogP contribution in [0.2, 0.25) is 0 Å². The number of piperazine rings is 1. The SMILES string of the molecule is CO/N=C(\N)c1ccc(N2CCN(C3CCCCC3)CC2)cc1. The van der Waals surface area contributed by atoms with Gasteiger partial charge in [0.1, 0.15) is 7.11 Å². The Labute approximate surface area is 139 Å². The van der Waals surface area contributed by atoms with Gasteiger partial charge in [0.2, 0.25) is 0 Å². The highest BCUT2D eigenvalue weighted by atomic mass is 16.6. The fraction of sp³-hybridized carbons (Fsp3) is 0.611. The van der Waals surface area contributed by atoms with Crippen LogP contribution in [-0.4, -0.2) is 50.1 Å². The minimum atomic E-state index is 0.418. The first-order valence-electron chi connectivity index (χ1n) is 8.74. The Morgan fingerprint density at radius 3 is 2.30 bits per heavy atom. The summed E-state index contributed by atoms with van der Waals surface area (Å²) in [5.74, 6) is 0.418. The first-order chi connectivity index (χ1) is 11.3. The van der Waals surface area contributed by atoms with E-state index in [4.69, 9.17) is 10.6 Å². The zero-order valence-corrected chi connectivity index (χ0v) is 14.1. The maximum absolute atomic E-state index is 5.84. The molecule has 0 radical (unpaired) electrons. The summed E-state index contributed by atoms with van der Waals surface area (Å²) in [4.78, 5) is 9.89. The molecule has 1 aromatic carbocycles. The van der Waals surface area contributed by atoms with E-state index < -0.39 is 0 Å². The highest BCUT2D eigenvalue weighted by Crippen LogP contribution is 2.25. The summed E-state index contributed by atoms with van der Waals surface area (Å²) in [7, 11) is 1.51. The number of benzene rings is 1. The number of hydrogen-bond acceptors (Lipinski definition) is 4. The summed E-state index contributed by atoms with van der Waals surface area (Å²) >= 11 is 0. The lowest BCUT2D eigenvalue weighted by Gasteiger charge is -2.41. The first kappa shape index (κ1) is 16.1. The molecule has 126 valence electrons. The fourth-order valence-electron chi connectivity index (χ4n) is 3.79. The van der Waals surface area contributed by atoms with Crippen molar-refractivity contribution in [3.05, 3.63) is 29.8 Å². The highest BCUT2D eigenvalue weighted by molar-refractivity contribution is 5.97. The quantitative estimate of drug-likeness (QED) is 0.526. The van der Waals surface area contributed by atoms with Crippen LogP contribution in [0.1, 0.15) is 37.7 Å². The Morgan fingerprint density at radius 2 is 1.70 bits per heavy atom.